The fourth-order valence-electron chi connectivity index (χ4n) is 9.56. The number of unbranched alkanes of at least 4 members (excludes halogenated alkanes) is 28. The van der Waals surface area contributed by atoms with Crippen LogP contribution in [-0.4, -0.2) is 96.7 Å². The number of phosphoric ester groups is 2. The van der Waals surface area contributed by atoms with E-state index in [-0.39, 0.29) is 25.7 Å². The summed E-state index contributed by atoms with van der Waals surface area (Å²) in [5.74, 6) is 0.117. The first kappa shape index (κ1) is 82.1. The summed E-state index contributed by atoms with van der Waals surface area (Å²) in [6, 6.07) is 0. The minimum Gasteiger partial charge on any atom is -0.462 e. The van der Waals surface area contributed by atoms with Gasteiger partial charge in [-0.05, 0) is 43.4 Å². The number of phosphoric acid groups is 2. The highest BCUT2D eigenvalue weighted by atomic mass is 31.2. The highest BCUT2D eigenvalue weighted by molar-refractivity contribution is 7.47. The van der Waals surface area contributed by atoms with Crippen molar-refractivity contribution in [2.75, 3.05) is 39.6 Å². The number of carbonyl (C=O) groups excluding carboxylic acids is 4. The van der Waals surface area contributed by atoms with Crippen molar-refractivity contribution in [1.29, 1.82) is 0 Å². The summed E-state index contributed by atoms with van der Waals surface area (Å²) in [5, 5.41) is 10.5. The molecule has 0 spiro atoms. The van der Waals surface area contributed by atoms with Crippen LogP contribution in [0.2, 0.25) is 0 Å². The molecule has 498 valence electrons. The second-order valence-corrected chi connectivity index (χ2v) is 27.1. The van der Waals surface area contributed by atoms with Crippen molar-refractivity contribution in [3.63, 3.8) is 0 Å². The summed E-state index contributed by atoms with van der Waals surface area (Å²) in [5.41, 5.74) is 0. The number of carbonyl (C=O) groups is 4. The molecular formula is C65H126O17P2. The van der Waals surface area contributed by atoms with Crippen molar-refractivity contribution < 1.29 is 80.2 Å². The number of hydrogen-bond donors (Lipinski definition) is 3. The van der Waals surface area contributed by atoms with Gasteiger partial charge < -0.3 is 33.8 Å². The Morgan fingerprint density at radius 2 is 0.571 bits per heavy atom. The minimum absolute atomic E-state index is 0.103. The molecular weight excluding hydrogens is 1110 g/mol. The van der Waals surface area contributed by atoms with Crippen LogP contribution in [0.5, 0.6) is 0 Å². The molecule has 0 aromatic carbocycles. The van der Waals surface area contributed by atoms with E-state index in [4.69, 9.17) is 37.0 Å². The van der Waals surface area contributed by atoms with Crippen LogP contribution in [0.1, 0.15) is 318 Å². The molecule has 0 saturated carbocycles. The number of aliphatic hydroxyl groups is 1. The third-order valence-corrected chi connectivity index (χ3v) is 17.9. The Balaban J connectivity index is 5.26. The summed E-state index contributed by atoms with van der Waals surface area (Å²) < 4.78 is 68.0. The molecule has 0 aliphatic rings. The van der Waals surface area contributed by atoms with E-state index in [2.05, 4.69) is 48.5 Å². The van der Waals surface area contributed by atoms with Crippen LogP contribution < -0.4 is 0 Å². The molecule has 0 aromatic heterocycles. The number of hydrogen-bond acceptors (Lipinski definition) is 15. The van der Waals surface area contributed by atoms with Crippen LogP contribution in [0.4, 0.5) is 0 Å². The first-order valence-corrected chi connectivity index (χ1v) is 37.0. The van der Waals surface area contributed by atoms with Gasteiger partial charge in [0.1, 0.15) is 19.3 Å². The van der Waals surface area contributed by atoms with Gasteiger partial charge in [-0.15, -0.1) is 0 Å². The van der Waals surface area contributed by atoms with Crippen molar-refractivity contribution in [2.45, 2.75) is 336 Å². The maximum Gasteiger partial charge on any atom is 0.472 e. The Labute approximate surface area is 511 Å². The van der Waals surface area contributed by atoms with E-state index in [1.807, 2.05) is 0 Å². The van der Waals surface area contributed by atoms with Gasteiger partial charge in [0.15, 0.2) is 12.2 Å². The monoisotopic (exact) mass is 1240 g/mol. The van der Waals surface area contributed by atoms with Crippen molar-refractivity contribution in [2.24, 2.45) is 17.8 Å². The molecule has 3 N–H and O–H groups in total. The fraction of sp³-hybridized carbons (Fsp3) is 0.938. The molecule has 0 heterocycles. The lowest BCUT2D eigenvalue weighted by molar-refractivity contribution is -0.161. The zero-order chi connectivity index (χ0) is 62.4. The molecule has 8 atom stereocenters. The first-order chi connectivity index (χ1) is 40.3. The lowest BCUT2D eigenvalue weighted by Gasteiger charge is -2.21. The van der Waals surface area contributed by atoms with Crippen LogP contribution >= 0.6 is 15.6 Å². The molecule has 0 fully saturated rings. The van der Waals surface area contributed by atoms with E-state index in [0.717, 1.165) is 114 Å². The average molecular weight is 1240 g/mol. The van der Waals surface area contributed by atoms with Gasteiger partial charge in [-0.2, -0.15) is 0 Å². The zero-order valence-corrected chi connectivity index (χ0v) is 56.1. The number of esters is 4. The van der Waals surface area contributed by atoms with E-state index in [1.54, 1.807) is 0 Å². The first-order valence-electron chi connectivity index (χ1n) is 34.0. The van der Waals surface area contributed by atoms with Crippen LogP contribution in [0.15, 0.2) is 0 Å². The summed E-state index contributed by atoms with van der Waals surface area (Å²) in [7, 11) is -9.89. The molecule has 0 aliphatic heterocycles. The van der Waals surface area contributed by atoms with Crippen LogP contribution in [0, 0.1) is 17.8 Å². The van der Waals surface area contributed by atoms with Gasteiger partial charge >= 0.3 is 39.5 Å². The quantitative estimate of drug-likeness (QED) is 0.0222. The smallest absolute Gasteiger partial charge is 0.462 e. The summed E-state index contributed by atoms with van der Waals surface area (Å²) in [6.07, 6.45) is 37.5. The Hall–Kier alpha value is -1.94. The molecule has 0 aromatic rings. The molecule has 0 aliphatic carbocycles. The van der Waals surface area contributed by atoms with E-state index in [0.29, 0.717) is 25.7 Å². The molecule has 5 unspecified atom stereocenters. The standard InChI is InChI=1S/C65H126O17P2/c1-8-12-13-14-15-16-20-23-32-39-46-62(67)75-52-61(82-65(70)49-42-35-28-26-31-38-45-58(7)11-4)55-80-84(73,74)78-51-59(66)50-77-83(71,72)79-54-60(53-76-63(68)47-40-33-27-25-30-37-44-57(6)10-3)81-64(69)48-41-34-24-21-18-17-19-22-29-36-43-56(5)9-2/h56-61,66H,8-55H2,1-7H3,(H,71,72)(H,73,74)/t56?,57?,58?,59-,60-,61-/m1/s1. The lowest BCUT2D eigenvalue weighted by atomic mass is 9.99. The zero-order valence-electron chi connectivity index (χ0n) is 54.4. The summed E-state index contributed by atoms with van der Waals surface area (Å²) in [4.78, 5) is 72.3. The third-order valence-electron chi connectivity index (χ3n) is 16.0. The topological polar surface area (TPSA) is 237 Å². The van der Waals surface area contributed by atoms with Crippen molar-refractivity contribution in [3.8, 4) is 0 Å². The maximum absolute atomic E-state index is 13.0. The largest absolute Gasteiger partial charge is 0.472 e. The number of aliphatic hydroxyl groups excluding tert-OH is 1. The van der Waals surface area contributed by atoms with Crippen LogP contribution in [-0.2, 0) is 65.4 Å². The SMILES string of the molecule is CCCCCCCCCCCCC(=O)OC[C@H](COP(=O)(O)OC[C@H](O)COP(=O)(O)OC[C@@H](COC(=O)CCCCCCCCC(C)CC)OC(=O)CCCCCCCCCCCCC(C)CC)OC(=O)CCCCCCCCC(C)CC. The molecule has 17 nitrogen and oxygen atoms in total. The van der Waals surface area contributed by atoms with Crippen molar-refractivity contribution in [1.82, 2.24) is 0 Å². The molecule has 84 heavy (non-hydrogen) atoms. The second kappa shape index (κ2) is 56.3. The Bertz CT molecular complexity index is 1670. The number of ether oxygens (including phenoxy) is 4. The van der Waals surface area contributed by atoms with Gasteiger partial charge in [-0.3, -0.25) is 37.3 Å². The lowest BCUT2D eigenvalue weighted by Crippen LogP contribution is -2.30. The Kier molecular flexibility index (Phi) is 55.0. The number of rotatable bonds is 63. The Morgan fingerprint density at radius 1 is 0.333 bits per heavy atom. The normalized spacial score (nSPS) is 15.3. The summed E-state index contributed by atoms with van der Waals surface area (Å²) >= 11 is 0. The molecule has 0 rings (SSSR count). The van der Waals surface area contributed by atoms with Crippen molar-refractivity contribution in [3.05, 3.63) is 0 Å². The molecule has 0 amide bonds. The highest BCUT2D eigenvalue weighted by Gasteiger charge is 2.30. The van der Waals surface area contributed by atoms with Gasteiger partial charge in [0.2, 0.25) is 0 Å². The van der Waals surface area contributed by atoms with Gasteiger partial charge in [0, 0.05) is 25.7 Å². The predicted octanol–water partition coefficient (Wildman–Crippen LogP) is 17.9. The van der Waals surface area contributed by atoms with Gasteiger partial charge in [-0.1, -0.05) is 267 Å². The second-order valence-electron chi connectivity index (χ2n) is 24.2. The predicted molar refractivity (Wildman–Crippen MR) is 335 cm³/mol. The molecule has 0 bridgehead atoms. The molecule has 19 heteroatoms. The summed E-state index contributed by atoms with van der Waals surface area (Å²) in [6.45, 7) is 11.7. The van der Waals surface area contributed by atoms with Crippen LogP contribution in [0.25, 0.3) is 0 Å². The van der Waals surface area contributed by atoms with E-state index in [1.165, 1.54) is 122 Å². The Morgan fingerprint density at radius 3 is 0.845 bits per heavy atom. The maximum atomic E-state index is 13.0. The molecule has 0 saturated heterocycles. The molecule has 0 radical (unpaired) electrons. The highest BCUT2D eigenvalue weighted by Crippen LogP contribution is 2.45. The van der Waals surface area contributed by atoms with E-state index >= 15 is 0 Å². The van der Waals surface area contributed by atoms with Gasteiger partial charge in [-0.25, -0.2) is 9.13 Å². The van der Waals surface area contributed by atoms with Gasteiger partial charge in [0.05, 0.1) is 26.4 Å². The van der Waals surface area contributed by atoms with E-state index in [9.17, 15) is 43.2 Å². The fourth-order valence-corrected chi connectivity index (χ4v) is 11.1. The van der Waals surface area contributed by atoms with Gasteiger partial charge in [0.25, 0.3) is 0 Å². The third kappa shape index (κ3) is 55.4. The van der Waals surface area contributed by atoms with E-state index < -0.39 is 97.5 Å². The van der Waals surface area contributed by atoms with Crippen molar-refractivity contribution >= 4 is 39.5 Å². The van der Waals surface area contributed by atoms with Crippen LogP contribution in [0.3, 0.4) is 0 Å². The minimum atomic E-state index is -4.95. The average Bonchev–Trinajstić information content (AvgIpc) is 3.51.